The van der Waals surface area contributed by atoms with Crippen molar-refractivity contribution < 1.29 is 17.6 Å². The van der Waals surface area contributed by atoms with Gasteiger partial charge in [0, 0.05) is 6.54 Å². The summed E-state index contributed by atoms with van der Waals surface area (Å²) in [4.78, 5) is 12.5. The summed E-state index contributed by atoms with van der Waals surface area (Å²) in [6.07, 6.45) is 0.608. The molecule has 0 saturated carbocycles. The van der Waals surface area contributed by atoms with Gasteiger partial charge in [0.15, 0.2) is 0 Å². The predicted octanol–water partition coefficient (Wildman–Crippen LogP) is 3.69. The van der Waals surface area contributed by atoms with E-state index in [-0.39, 0.29) is 10.6 Å². The van der Waals surface area contributed by atoms with E-state index >= 15 is 0 Å². The van der Waals surface area contributed by atoms with Crippen LogP contribution in [-0.4, -0.2) is 27.4 Å². The number of aryl methyl sites for hydroxylation is 1. The summed E-state index contributed by atoms with van der Waals surface area (Å²) in [5.41, 5.74) is 1.78. The van der Waals surface area contributed by atoms with E-state index in [4.69, 9.17) is 0 Å². The zero-order valence-corrected chi connectivity index (χ0v) is 17.4. The van der Waals surface area contributed by atoms with Crippen LogP contribution in [0.5, 0.6) is 0 Å². The molecule has 0 radical (unpaired) electrons. The van der Waals surface area contributed by atoms with Crippen LogP contribution in [0.15, 0.2) is 83.8 Å². The smallest absolute Gasteiger partial charge is 0.264 e. The van der Waals surface area contributed by atoms with E-state index in [1.54, 1.807) is 12.1 Å². The molecule has 0 aliphatic rings. The topological polar surface area (TPSA) is 66.5 Å². The maximum Gasteiger partial charge on any atom is 0.264 e. The lowest BCUT2D eigenvalue weighted by Crippen LogP contribution is -2.41. The molecule has 0 bridgehead atoms. The second-order valence-corrected chi connectivity index (χ2v) is 8.72. The van der Waals surface area contributed by atoms with Crippen molar-refractivity contribution in [1.82, 2.24) is 5.32 Å². The van der Waals surface area contributed by atoms with Gasteiger partial charge in [-0.15, -0.1) is 0 Å². The summed E-state index contributed by atoms with van der Waals surface area (Å²) in [5, 5.41) is 2.72. The molecule has 7 heteroatoms. The Hall–Kier alpha value is -3.19. The molecular weight excluding hydrogens is 403 g/mol. The van der Waals surface area contributed by atoms with Gasteiger partial charge in [-0.2, -0.15) is 0 Å². The highest BCUT2D eigenvalue weighted by Gasteiger charge is 2.29. The van der Waals surface area contributed by atoms with Gasteiger partial charge in [-0.05, 0) is 43.2 Å². The van der Waals surface area contributed by atoms with Gasteiger partial charge in [0.2, 0.25) is 5.91 Å². The van der Waals surface area contributed by atoms with E-state index in [0.29, 0.717) is 13.0 Å². The lowest BCUT2D eigenvalue weighted by atomic mass is 10.1. The number of rotatable bonds is 8. The number of sulfonamides is 1. The van der Waals surface area contributed by atoms with Gasteiger partial charge < -0.3 is 5.32 Å². The van der Waals surface area contributed by atoms with Crippen molar-refractivity contribution in [3.63, 3.8) is 0 Å². The fourth-order valence-electron chi connectivity index (χ4n) is 2.97. The molecule has 3 aromatic carbocycles. The van der Waals surface area contributed by atoms with Crippen LogP contribution < -0.4 is 9.62 Å². The van der Waals surface area contributed by atoms with Crippen LogP contribution in [0.25, 0.3) is 0 Å². The number of nitrogens with one attached hydrogen (secondary N) is 1. The molecule has 0 heterocycles. The van der Waals surface area contributed by atoms with Gasteiger partial charge in [-0.25, -0.2) is 12.8 Å². The summed E-state index contributed by atoms with van der Waals surface area (Å²) in [7, 11) is -4.13. The monoisotopic (exact) mass is 426 g/mol. The summed E-state index contributed by atoms with van der Waals surface area (Å²) < 4.78 is 41.7. The number of benzene rings is 3. The number of para-hydroxylation sites is 1. The van der Waals surface area contributed by atoms with E-state index in [2.05, 4.69) is 5.32 Å². The molecule has 3 aromatic rings. The van der Waals surface area contributed by atoms with Crippen LogP contribution in [0.3, 0.4) is 0 Å². The highest BCUT2D eigenvalue weighted by molar-refractivity contribution is 7.92. The zero-order chi connectivity index (χ0) is 21.6. The molecule has 1 amide bonds. The Balaban J connectivity index is 1.80. The molecule has 0 spiro atoms. The van der Waals surface area contributed by atoms with E-state index < -0.39 is 28.3 Å². The van der Waals surface area contributed by atoms with Crippen LogP contribution in [0.2, 0.25) is 0 Å². The zero-order valence-electron chi connectivity index (χ0n) is 16.6. The Bertz CT molecular complexity index is 1100. The second-order valence-electron chi connectivity index (χ2n) is 6.86. The molecule has 0 aliphatic heterocycles. The normalized spacial score (nSPS) is 11.1. The van der Waals surface area contributed by atoms with E-state index in [1.165, 1.54) is 36.4 Å². The highest BCUT2D eigenvalue weighted by Crippen LogP contribution is 2.26. The molecule has 0 fully saturated rings. The first-order valence-electron chi connectivity index (χ1n) is 9.52. The Kier molecular flexibility index (Phi) is 6.84. The Morgan fingerprint density at radius 3 is 2.23 bits per heavy atom. The minimum absolute atomic E-state index is 0.00608. The van der Waals surface area contributed by atoms with Gasteiger partial charge >= 0.3 is 0 Å². The largest absolute Gasteiger partial charge is 0.354 e. The number of anilines is 1. The third-order valence-electron chi connectivity index (χ3n) is 4.60. The number of carbonyl (C=O) groups is 1. The molecule has 0 unspecified atom stereocenters. The molecule has 5 nitrogen and oxygen atoms in total. The van der Waals surface area contributed by atoms with E-state index in [1.807, 2.05) is 37.3 Å². The summed E-state index contributed by atoms with van der Waals surface area (Å²) >= 11 is 0. The summed E-state index contributed by atoms with van der Waals surface area (Å²) in [6.45, 7) is 1.66. The van der Waals surface area contributed by atoms with E-state index in [9.17, 15) is 17.6 Å². The van der Waals surface area contributed by atoms with Gasteiger partial charge in [0.1, 0.15) is 12.4 Å². The molecule has 156 valence electrons. The average Bonchev–Trinajstić information content (AvgIpc) is 2.74. The molecule has 0 atom stereocenters. The van der Waals surface area contributed by atoms with Crippen molar-refractivity contribution in [3.8, 4) is 0 Å². The van der Waals surface area contributed by atoms with Crippen LogP contribution in [0.4, 0.5) is 10.1 Å². The van der Waals surface area contributed by atoms with Gasteiger partial charge in [0.05, 0.1) is 10.6 Å². The van der Waals surface area contributed by atoms with Gasteiger partial charge in [0.25, 0.3) is 10.0 Å². The Morgan fingerprint density at radius 2 is 1.57 bits per heavy atom. The SMILES string of the molecule is Cc1ccc(S(=O)(=O)N(CC(=O)NCCc2ccccc2)c2ccccc2F)cc1. The maximum absolute atomic E-state index is 14.4. The number of amides is 1. The summed E-state index contributed by atoms with van der Waals surface area (Å²) in [6, 6.07) is 21.3. The predicted molar refractivity (Wildman–Crippen MR) is 115 cm³/mol. The van der Waals surface area contributed by atoms with Crippen LogP contribution in [-0.2, 0) is 21.2 Å². The molecule has 0 aliphatic carbocycles. The Labute approximate surface area is 176 Å². The van der Waals surface area contributed by atoms with Crippen molar-refractivity contribution in [2.75, 3.05) is 17.4 Å². The minimum atomic E-state index is -4.13. The fourth-order valence-corrected chi connectivity index (χ4v) is 4.40. The van der Waals surface area contributed by atoms with Crippen LogP contribution >= 0.6 is 0 Å². The first-order chi connectivity index (χ1) is 14.4. The van der Waals surface area contributed by atoms with E-state index in [0.717, 1.165) is 15.4 Å². The van der Waals surface area contributed by atoms with Crippen LogP contribution in [0, 0.1) is 12.7 Å². The quantitative estimate of drug-likeness (QED) is 0.597. The number of carbonyl (C=O) groups excluding carboxylic acids is 1. The number of nitrogens with zero attached hydrogens (tertiary/aromatic N) is 1. The number of hydrogen-bond donors (Lipinski definition) is 1. The van der Waals surface area contributed by atoms with Gasteiger partial charge in [-0.3, -0.25) is 9.10 Å². The molecular formula is C23H23FN2O3S. The molecule has 0 aromatic heterocycles. The molecule has 0 saturated heterocycles. The number of hydrogen-bond acceptors (Lipinski definition) is 3. The minimum Gasteiger partial charge on any atom is -0.354 e. The number of halogens is 1. The van der Waals surface area contributed by atoms with Crippen molar-refractivity contribution in [2.45, 2.75) is 18.2 Å². The lowest BCUT2D eigenvalue weighted by molar-refractivity contribution is -0.119. The first kappa shape index (κ1) is 21.5. The van der Waals surface area contributed by atoms with Crippen molar-refractivity contribution in [3.05, 3.63) is 95.8 Å². The third kappa shape index (κ3) is 5.24. The second kappa shape index (κ2) is 9.54. The molecule has 30 heavy (non-hydrogen) atoms. The highest BCUT2D eigenvalue weighted by atomic mass is 32.2. The van der Waals surface area contributed by atoms with Gasteiger partial charge in [-0.1, -0.05) is 60.2 Å². The van der Waals surface area contributed by atoms with Crippen LogP contribution in [0.1, 0.15) is 11.1 Å². The fraction of sp³-hybridized carbons (Fsp3) is 0.174. The van der Waals surface area contributed by atoms with Crippen molar-refractivity contribution >= 4 is 21.6 Å². The Morgan fingerprint density at radius 1 is 0.933 bits per heavy atom. The standard InChI is InChI=1S/C23H23FN2O3S/c1-18-11-13-20(14-12-18)30(28,29)26(22-10-6-5-9-21(22)24)17-23(27)25-16-15-19-7-3-2-4-8-19/h2-14H,15-17H2,1H3,(H,25,27). The first-order valence-corrected chi connectivity index (χ1v) is 11.0. The third-order valence-corrected chi connectivity index (χ3v) is 6.37. The van der Waals surface area contributed by atoms with Crippen molar-refractivity contribution in [1.29, 1.82) is 0 Å². The lowest BCUT2D eigenvalue weighted by Gasteiger charge is -2.24. The summed E-state index contributed by atoms with van der Waals surface area (Å²) in [5.74, 6) is -1.23. The molecule has 1 N–H and O–H groups in total. The molecule has 3 rings (SSSR count). The average molecular weight is 427 g/mol. The van der Waals surface area contributed by atoms with Crippen molar-refractivity contribution in [2.24, 2.45) is 0 Å². The maximum atomic E-state index is 14.4.